The molecule has 1 aromatic heterocycles. The third-order valence-corrected chi connectivity index (χ3v) is 4.02. The van der Waals surface area contributed by atoms with E-state index >= 15 is 0 Å². The minimum Gasteiger partial charge on any atom is -0.355 e. The van der Waals surface area contributed by atoms with E-state index in [1.165, 1.54) is 30.4 Å². The molecule has 1 amide bonds. The largest absolute Gasteiger partial charge is 0.355 e. The zero-order valence-electron chi connectivity index (χ0n) is 12.2. The molecule has 0 unspecified atom stereocenters. The second kappa shape index (κ2) is 6.57. The molecule has 3 rings (SSSR count). The molecule has 0 saturated heterocycles. The number of rotatable bonds is 5. The van der Waals surface area contributed by atoms with Gasteiger partial charge in [-0.2, -0.15) is 0 Å². The Hall–Kier alpha value is -2.10. The number of hydrogen-bond donors (Lipinski definition) is 2. The number of benzene rings is 1. The van der Waals surface area contributed by atoms with Crippen molar-refractivity contribution >= 4 is 5.91 Å². The summed E-state index contributed by atoms with van der Waals surface area (Å²) in [6.07, 6.45) is 9.63. The number of fused-ring (bicyclic) bond motifs is 1. The highest BCUT2D eigenvalue weighted by Gasteiger charge is 2.11. The van der Waals surface area contributed by atoms with Crippen molar-refractivity contribution < 1.29 is 4.79 Å². The zero-order valence-corrected chi connectivity index (χ0v) is 12.2. The molecule has 1 aliphatic carbocycles. The number of nitrogens with zero attached hydrogens (tertiary/aromatic N) is 1. The molecule has 0 atom stereocenters. The maximum absolute atomic E-state index is 12.0. The van der Waals surface area contributed by atoms with E-state index in [1.807, 2.05) is 0 Å². The van der Waals surface area contributed by atoms with Crippen LogP contribution in [0.25, 0.3) is 0 Å². The molecule has 0 fully saturated rings. The van der Waals surface area contributed by atoms with Gasteiger partial charge in [0, 0.05) is 25.4 Å². The molecule has 4 nitrogen and oxygen atoms in total. The summed E-state index contributed by atoms with van der Waals surface area (Å²) in [5.41, 5.74) is 4.01. The van der Waals surface area contributed by atoms with Gasteiger partial charge >= 0.3 is 0 Å². The van der Waals surface area contributed by atoms with Crippen molar-refractivity contribution in [3.63, 3.8) is 0 Å². The first-order valence-corrected chi connectivity index (χ1v) is 7.67. The number of hydrogen-bond acceptors (Lipinski definition) is 2. The van der Waals surface area contributed by atoms with Gasteiger partial charge in [0.25, 0.3) is 0 Å². The molecule has 0 spiro atoms. The quantitative estimate of drug-likeness (QED) is 0.883. The maximum Gasteiger partial charge on any atom is 0.224 e. The van der Waals surface area contributed by atoms with E-state index in [2.05, 4.69) is 33.5 Å². The molecule has 2 aromatic rings. The predicted molar refractivity (Wildman–Crippen MR) is 82.1 cm³/mol. The molecule has 110 valence electrons. The van der Waals surface area contributed by atoms with E-state index < -0.39 is 0 Å². The van der Waals surface area contributed by atoms with Gasteiger partial charge in [0.05, 0.1) is 6.42 Å². The third-order valence-electron chi connectivity index (χ3n) is 4.02. The number of aromatic amines is 1. The van der Waals surface area contributed by atoms with Gasteiger partial charge in [0.1, 0.15) is 5.82 Å². The first kappa shape index (κ1) is 13.9. The molecular formula is C17H21N3O. The Morgan fingerprint density at radius 3 is 2.90 bits per heavy atom. The summed E-state index contributed by atoms with van der Waals surface area (Å²) in [6, 6.07) is 6.50. The highest BCUT2D eigenvalue weighted by atomic mass is 16.1. The fourth-order valence-corrected chi connectivity index (χ4v) is 2.90. The lowest BCUT2D eigenvalue weighted by atomic mass is 9.90. The van der Waals surface area contributed by atoms with E-state index in [1.54, 1.807) is 12.4 Å². The number of H-pyrrole nitrogens is 1. The molecule has 0 bridgehead atoms. The smallest absolute Gasteiger partial charge is 0.224 e. The van der Waals surface area contributed by atoms with Crippen LogP contribution in [0, 0.1) is 0 Å². The number of imidazole rings is 1. The average molecular weight is 283 g/mol. The van der Waals surface area contributed by atoms with Gasteiger partial charge in [-0.05, 0) is 42.4 Å². The first-order valence-electron chi connectivity index (χ1n) is 7.67. The van der Waals surface area contributed by atoms with Crippen LogP contribution in [-0.2, 0) is 30.5 Å². The van der Waals surface area contributed by atoms with E-state index in [-0.39, 0.29) is 5.91 Å². The van der Waals surface area contributed by atoms with Crippen molar-refractivity contribution in [1.82, 2.24) is 15.3 Å². The van der Waals surface area contributed by atoms with Crippen molar-refractivity contribution in [1.29, 1.82) is 0 Å². The summed E-state index contributed by atoms with van der Waals surface area (Å²) >= 11 is 0. The molecule has 1 aromatic carbocycles. The van der Waals surface area contributed by atoms with Crippen LogP contribution >= 0.6 is 0 Å². The standard InChI is InChI=1S/C17H21N3O/c21-17(20-8-7-16-18-9-10-19-16)12-13-5-6-14-3-1-2-4-15(14)11-13/h5-6,9-11H,1-4,7-8,12H2,(H,18,19)(H,20,21). The van der Waals surface area contributed by atoms with E-state index in [4.69, 9.17) is 0 Å². The Balaban J connectivity index is 1.50. The van der Waals surface area contributed by atoms with Gasteiger partial charge < -0.3 is 10.3 Å². The predicted octanol–water partition coefficient (Wildman–Crippen LogP) is 2.19. The second-order valence-corrected chi connectivity index (χ2v) is 5.62. The fourth-order valence-electron chi connectivity index (χ4n) is 2.90. The lowest BCUT2D eigenvalue weighted by molar-refractivity contribution is -0.120. The number of carbonyl (C=O) groups excluding carboxylic acids is 1. The zero-order chi connectivity index (χ0) is 14.5. The summed E-state index contributed by atoms with van der Waals surface area (Å²) in [5.74, 6) is 0.987. The summed E-state index contributed by atoms with van der Waals surface area (Å²) in [6.45, 7) is 0.622. The summed E-state index contributed by atoms with van der Waals surface area (Å²) < 4.78 is 0. The monoisotopic (exact) mass is 283 g/mol. The SMILES string of the molecule is O=C(Cc1ccc2c(c1)CCCC2)NCCc1ncc[nH]1. The Morgan fingerprint density at radius 2 is 2.10 bits per heavy atom. The summed E-state index contributed by atoms with van der Waals surface area (Å²) in [7, 11) is 0. The lowest BCUT2D eigenvalue weighted by Crippen LogP contribution is -2.27. The number of carbonyl (C=O) groups is 1. The second-order valence-electron chi connectivity index (χ2n) is 5.62. The Morgan fingerprint density at radius 1 is 1.24 bits per heavy atom. The van der Waals surface area contributed by atoms with Crippen LogP contribution in [0.2, 0.25) is 0 Å². The Labute approximate surface area is 125 Å². The molecule has 0 aliphatic heterocycles. The van der Waals surface area contributed by atoms with Crippen molar-refractivity contribution in [3.8, 4) is 0 Å². The topological polar surface area (TPSA) is 57.8 Å². The molecule has 4 heteroatoms. The summed E-state index contributed by atoms with van der Waals surface area (Å²) in [4.78, 5) is 19.1. The maximum atomic E-state index is 12.0. The molecule has 21 heavy (non-hydrogen) atoms. The van der Waals surface area contributed by atoms with Gasteiger partial charge in [-0.25, -0.2) is 4.98 Å². The van der Waals surface area contributed by atoms with Crippen LogP contribution in [0.3, 0.4) is 0 Å². The van der Waals surface area contributed by atoms with Crippen molar-refractivity contribution in [2.45, 2.75) is 38.5 Å². The van der Waals surface area contributed by atoms with Crippen molar-refractivity contribution in [2.75, 3.05) is 6.54 Å². The lowest BCUT2D eigenvalue weighted by Gasteiger charge is -2.16. The summed E-state index contributed by atoms with van der Waals surface area (Å²) in [5, 5.41) is 2.95. The van der Waals surface area contributed by atoms with Gasteiger partial charge in [0.2, 0.25) is 5.91 Å². The van der Waals surface area contributed by atoms with Gasteiger partial charge in [-0.1, -0.05) is 18.2 Å². The number of aryl methyl sites for hydroxylation is 2. The Kier molecular flexibility index (Phi) is 4.34. The van der Waals surface area contributed by atoms with Crippen LogP contribution in [-0.4, -0.2) is 22.4 Å². The van der Waals surface area contributed by atoms with Crippen molar-refractivity contribution in [3.05, 3.63) is 53.1 Å². The third kappa shape index (κ3) is 3.72. The van der Waals surface area contributed by atoms with Crippen LogP contribution < -0.4 is 5.32 Å². The van der Waals surface area contributed by atoms with Gasteiger partial charge in [-0.15, -0.1) is 0 Å². The van der Waals surface area contributed by atoms with Crippen LogP contribution in [0.1, 0.15) is 35.4 Å². The number of aromatic nitrogens is 2. The van der Waals surface area contributed by atoms with Gasteiger partial charge in [0.15, 0.2) is 0 Å². The molecule has 2 N–H and O–H groups in total. The van der Waals surface area contributed by atoms with E-state index in [0.29, 0.717) is 13.0 Å². The van der Waals surface area contributed by atoms with E-state index in [0.717, 1.165) is 24.2 Å². The molecule has 0 saturated carbocycles. The molecule has 1 heterocycles. The highest BCUT2D eigenvalue weighted by molar-refractivity contribution is 5.78. The fraction of sp³-hybridized carbons (Fsp3) is 0.412. The van der Waals surface area contributed by atoms with Crippen LogP contribution in [0.4, 0.5) is 0 Å². The molecule has 0 radical (unpaired) electrons. The molecule has 1 aliphatic rings. The minimum absolute atomic E-state index is 0.0808. The normalized spacial score (nSPS) is 13.7. The van der Waals surface area contributed by atoms with E-state index in [9.17, 15) is 4.79 Å². The van der Waals surface area contributed by atoms with Crippen LogP contribution in [0.15, 0.2) is 30.6 Å². The Bertz CT molecular complexity index is 605. The number of amides is 1. The van der Waals surface area contributed by atoms with Crippen molar-refractivity contribution in [2.24, 2.45) is 0 Å². The van der Waals surface area contributed by atoms with Crippen LogP contribution in [0.5, 0.6) is 0 Å². The number of nitrogens with one attached hydrogen (secondary N) is 2. The van der Waals surface area contributed by atoms with Gasteiger partial charge in [-0.3, -0.25) is 4.79 Å². The molecular weight excluding hydrogens is 262 g/mol. The first-order chi connectivity index (χ1) is 10.3. The highest BCUT2D eigenvalue weighted by Crippen LogP contribution is 2.22. The average Bonchev–Trinajstić information content (AvgIpc) is 3.00. The minimum atomic E-state index is 0.0808.